The lowest BCUT2D eigenvalue weighted by atomic mass is 9.93. The molecule has 2 aromatic rings. The summed E-state index contributed by atoms with van der Waals surface area (Å²) in [6.07, 6.45) is 7.69. The van der Waals surface area contributed by atoms with Gasteiger partial charge >= 0.3 is 6.18 Å². The summed E-state index contributed by atoms with van der Waals surface area (Å²) < 4.78 is 44.4. The van der Waals surface area contributed by atoms with E-state index in [0.29, 0.717) is 23.3 Å². The molecule has 3 heterocycles. The largest absolute Gasteiger partial charge is 0.434 e. The van der Waals surface area contributed by atoms with Gasteiger partial charge < -0.3 is 5.32 Å². The number of pyridine rings is 1. The topological polar surface area (TPSA) is 64.0 Å². The Labute approximate surface area is 179 Å². The minimum atomic E-state index is -4.61. The second-order valence-electron chi connectivity index (χ2n) is 8.92. The normalized spacial score (nSPS) is 21.6. The van der Waals surface area contributed by atoms with Crippen LogP contribution >= 0.6 is 0 Å². The summed E-state index contributed by atoms with van der Waals surface area (Å²) in [5.74, 6) is 0. The van der Waals surface area contributed by atoms with E-state index in [2.05, 4.69) is 20.9 Å². The average Bonchev–Trinajstić information content (AvgIpc) is 3.48. The van der Waals surface area contributed by atoms with Crippen LogP contribution in [-0.4, -0.2) is 26.4 Å². The number of hydrogen-bond donors (Lipinski definition) is 2. The molecule has 0 bridgehead atoms. The zero-order valence-electron chi connectivity index (χ0n) is 17.7. The third-order valence-corrected chi connectivity index (χ3v) is 6.80. The summed E-state index contributed by atoms with van der Waals surface area (Å²) in [4.78, 5) is 9.92. The summed E-state index contributed by atoms with van der Waals surface area (Å²) in [6.45, 7) is 2.30. The fourth-order valence-corrected chi connectivity index (χ4v) is 5.21. The maximum absolute atomic E-state index is 14.3. The molecule has 0 radical (unpaired) electrons. The Kier molecular flexibility index (Phi) is 5.11. The highest BCUT2D eigenvalue weighted by Crippen LogP contribution is 2.46. The van der Waals surface area contributed by atoms with Crippen molar-refractivity contribution in [3.05, 3.63) is 23.5 Å². The van der Waals surface area contributed by atoms with Gasteiger partial charge in [-0.3, -0.25) is 10.3 Å². The van der Waals surface area contributed by atoms with Crippen LogP contribution in [0.2, 0.25) is 0 Å². The van der Waals surface area contributed by atoms with Gasteiger partial charge in [-0.15, -0.1) is 0 Å². The second kappa shape index (κ2) is 7.69. The van der Waals surface area contributed by atoms with Crippen LogP contribution in [0.5, 0.6) is 0 Å². The van der Waals surface area contributed by atoms with E-state index in [4.69, 9.17) is 4.84 Å². The van der Waals surface area contributed by atoms with E-state index < -0.39 is 17.5 Å². The van der Waals surface area contributed by atoms with Crippen LogP contribution < -0.4 is 10.8 Å². The third-order valence-electron chi connectivity index (χ3n) is 6.80. The van der Waals surface area contributed by atoms with Crippen LogP contribution in [0.4, 0.5) is 18.9 Å². The molecular formula is C22H28F3N5O. The van der Waals surface area contributed by atoms with Crippen molar-refractivity contribution in [1.29, 1.82) is 0 Å². The molecule has 6 nitrogen and oxygen atoms in total. The van der Waals surface area contributed by atoms with Gasteiger partial charge in [0.2, 0.25) is 0 Å². The van der Waals surface area contributed by atoms with Crippen LogP contribution in [-0.2, 0) is 17.6 Å². The van der Waals surface area contributed by atoms with Crippen LogP contribution in [0.15, 0.2) is 12.3 Å². The molecule has 2 aliphatic carbocycles. The van der Waals surface area contributed by atoms with Gasteiger partial charge in [0.1, 0.15) is 5.60 Å². The van der Waals surface area contributed by atoms with Crippen LogP contribution in [0.3, 0.4) is 0 Å². The number of anilines is 1. The fourth-order valence-electron chi connectivity index (χ4n) is 5.21. The van der Waals surface area contributed by atoms with Gasteiger partial charge in [0.05, 0.1) is 28.5 Å². The molecule has 2 saturated carbocycles. The number of aryl methyl sites for hydroxylation is 1. The molecule has 1 spiro atoms. The second-order valence-corrected chi connectivity index (χ2v) is 8.92. The molecule has 2 aromatic heterocycles. The lowest BCUT2D eigenvalue weighted by Gasteiger charge is -2.27. The summed E-state index contributed by atoms with van der Waals surface area (Å²) in [5, 5.41) is 8.39. The van der Waals surface area contributed by atoms with Gasteiger partial charge in [0.15, 0.2) is 11.3 Å². The van der Waals surface area contributed by atoms with E-state index in [9.17, 15) is 13.2 Å². The number of halogens is 3. The van der Waals surface area contributed by atoms with Gasteiger partial charge in [-0.1, -0.05) is 32.1 Å². The van der Waals surface area contributed by atoms with E-state index in [-0.39, 0.29) is 17.3 Å². The minimum absolute atomic E-state index is 0.0463. The molecule has 3 aliphatic rings. The Balaban J connectivity index is 1.71. The number of hydrogen-bond acceptors (Lipinski definition) is 5. The molecule has 0 saturated heterocycles. The Morgan fingerprint density at radius 1 is 1.19 bits per heavy atom. The number of nitrogens with zero attached hydrogens (tertiary/aromatic N) is 3. The Bertz CT molecular complexity index is 1000. The quantitative estimate of drug-likeness (QED) is 0.673. The fraction of sp³-hybridized carbons (Fsp3) is 0.636. The molecule has 1 aliphatic heterocycles. The molecule has 0 aromatic carbocycles. The molecule has 0 amide bonds. The summed E-state index contributed by atoms with van der Waals surface area (Å²) in [7, 11) is 0. The van der Waals surface area contributed by atoms with Crippen molar-refractivity contribution in [3.8, 4) is 0 Å². The zero-order valence-corrected chi connectivity index (χ0v) is 17.7. The molecule has 31 heavy (non-hydrogen) atoms. The van der Waals surface area contributed by atoms with Crippen LogP contribution in [0, 0.1) is 0 Å². The maximum Gasteiger partial charge on any atom is 0.434 e. The lowest BCUT2D eigenvalue weighted by Crippen LogP contribution is -2.26. The SMILES string of the molecule is CCn1ncc2c(NC3CCCCC3)c(C3=CC4(CCCC4)ON3)c(C(F)(F)F)nc21. The molecule has 9 heteroatoms. The molecule has 0 unspecified atom stereocenters. The van der Waals surface area contributed by atoms with Crippen molar-refractivity contribution in [2.75, 3.05) is 5.32 Å². The first-order valence-corrected chi connectivity index (χ1v) is 11.3. The van der Waals surface area contributed by atoms with E-state index in [0.717, 1.165) is 51.4 Å². The predicted octanol–water partition coefficient (Wildman–Crippen LogP) is 5.40. The minimum Gasteiger partial charge on any atom is -0.381 e. The standard InChI is InChI=1S/C22H28F3N5O/c1-2-30-20-15(13-26-30)18(27-14-8-4-3-5-9-14)17(19(28-20)22(23,24)25)16-12-21(31-29-16)10-6-7-11-21/h12-14,29H,2-11H2,1H3,(H,27,28). The summed E-state index contributed by atoms with van der Waals surface area (Å²) >= 11 is 0. The van der Waals surface area contributed by atoms with Gasteiger partial charge in [0.25, 0.3) is 0 Å². The summed E-state index contributed by atoms with van der Waals surface area (Å²) in [6, 6.07) is 0.132. The van der Waals surface area contributed by atoms with Crippen molar-refractivity contribution in [3.63, 3.8) is 0 Å². The number of rotatable bonds is 4. The lowest BCUT2D eigenvalue weighted by molar-refractivity contribution is -0.141. The van der Waals surface area contributed by atoms with Crippen LogP contribution in [0.1, 0.15) is 76.0 Å². The van der Waals surface area contributed by atoms with E-state index in [1.165, 1.54) is 11.1 Å². The third kappa shape index (κ3) is 3.66. The number of alkyl halides is 3. The van der Waals surface area contributed by atoms with Gasteiger partial charge in [-0.05, 0) is 38.7 Å². The molecule has 2 N–H and O–H groups in total. The highest BCUT2D eigenvalue weighted by molar-refractivity contribution is 5.97. The smallest absolute Gasteiger partial charge is 0.381 e. The van der Waals surface area contributed by atoms with Crippen molar-refractivity contribution in [1.82, 2.24) is 20.2 Å². The van der Waals surface area contributed by atoms with E-state index in [1.807, 2.05) is 13.0 Å². The van der Waals surface area contributed by atoms with Gasteiger partial charge in [0, 0.05) is 12.6 Å². The number of fused-ring (bicyclic) bond motifs is 1. The maximum atomic E-state index is 14.3. The van der Waals surface area contributed by atoms with Crippen molar-refractivity contribution in [2.45, 2.75) is 89.1 Å². The number of aromatic nitrogens is 3. The number of hydroxylamine groups is 1. The van der Waals surface area contributed by atoms with Crippen molar-refractivity contribution >= 4 is 22.4 Å². The molecular weight excluding hydrogens is 407 g/mol. The Hall–Kier alpha value is -2.29. The summed E-state index contributed by atoms with van der Waals surface area (Å²) in [5.41, 5.74) is 2.53. The van der Waals surface area contributed by atoms with Crippen LogP contribution in [0.25, 0.3) is 16.7 Å². The number of nitrogens with one attached hydrogen (secondary N) is 2. The first-order chi connectivity index (χ1) is 14.9. The van der Waals surface area contributed by atoms with Gasteiger partial charge in [-0.25, -0.2) is 9.67 Å². The molecule has 5 rings (SSSR count). The first-order valence-electron chi connectivity index (χ1n) is 11.3. The molecule has 168 valence electrons. The average molecular weight is 435 g/mol. The van der Waals surface area contributed by atoms with Crippen molar-refractivity contribution < 1.29 is 18.0 Å². The van der Waals surface area contributed by atoms with Gasteiger partial charge in [-0.2, -0.15) is 18.3 Å². The molecule has 2 fully saturated rings. The highest BCUT2D eigenvalue weighted by atomic mass is 19.4. The predicted molar refractivity (Wildman–Crippen MR) is 112 cm³/mol. The Morgan fingerprint density at radius 2 is 1.94 bits per heavy atom. The first kappa shape index (κ1) is 20.6. The monoisotopic (exact) mass is 435 g/mol. The molecule has 0 atom stereocenters. The zero-order chi connectivity index (χ0) is 21.6. The van der Waals surface area contributed by atoms with Crippen molar-refractivity contribution in [2.24, 2.45) is 0 Å². The van der Waals surface area contributed by atoms with E-state index in [1.54, 1.807) is 6.20 Å². The Morgan fingerprint density at radius 3 is 2.61 bits per heavy atom. The highest BCUT2D eigenvalue weighted by Gasteiger charge is 2.44. The van der Waals surface area contributed by atoms with E-state index >= 15 is 0 Å².